The zero-order valence-corrected chi connectivity index (χ0v) is 11.5. The van der Waals surface area contributed by atoms with Gasteiger partial charge in [-0.15, -0.1) is 0 Å². The SMILES string of the molecule is CCN1CCCC1CNC1CCS(=O)(=O)CC1. The van der Waals surface area contributed by atoms with Crippen LogP contribution in [0.25, 0.3) is 0 Å². The van der Waals surface area contributed by atoms with Gasteiger partial charge in [-0.3, -0.25) is 4.90 Å². The van der Waals surface area contributed by atoms with Crippen LogP contribution in [-0.2, 0) is 9.84 Å². The van der Waals surface area contributed by atoms with Gasteiger partial charge in [0.05, 0.1) is 11.5 Å². The van der Waals surface area contributed by atoms with Crippen LogP contribution in [0, 0.1) is 0 Å². The fourth-order valence-corrected chi connectivity index (χ4v) is 4.43. The Balaban J connectivity index is 1.72. The highest BCUT2D eigenvalue weighted by Gasteiger charge is 2.26. The molecule has 2 fully saturated rings. The highest BCUT2D eigenvalue weighted by Crippen LogP contribution is 2.17. The van der Waals surface area contributed by atoms with Crippen LogP contribution in [0.15, 0.2) is 0 Å². The van der Waals surface area contributed by atoms with Gasteiger partial charge in [-0.2, -0.15) is 0 Å². The molecule has 2 heterocycles. The van der Waals surface area contributed by atoms with Crippen molar-refractivity contribution in [2.45, 2.75) is 44.7 Å². The van der Waals surface area contributed by atoms with E-state index in [0.29, 0.717) is 23.6 Å². The van der Waals surface area contributed by atoms with Crippen molar-refractivity contribution in [3.05, 3.63) is 0 Å². The van der Waals surface area contributed by atoms with E-state index in [9.17, 15) is 8.42 Å². The van der Waals surface area contributed by atoms with Crippen LogP contribution < -0.4 is 5.32 Å². The van der Waals surface area contributed by atoms with Gasteiger partial charge < -0.3 is 5.32 Å². The van der Waals surface area contributed by atoms with E-state index in [-0.39, 0.29) is 0 Å². The molecule has 0 aromatic heterocycles. The van der Waals surface area contributed by atoms with E-state index in [1.54, 1.807) is 0 Å². The number of hydrogen-bond acceptors (Lipinski definition) is 4. The number of rotatable bonds is 4. The summed E-state index contributed by atoms with van der Waals surface area (Å²) in [4.78, 5) is 2.52. The Hall–Kier alpha value is -0.130. The summed E-state index contributed by atoms with van der Waals surface area (Å²) < 4.78 is 22.6. The number of likely N-dealkylation sites (N-methyl/N-ethyl adjacent to an activating group) is 1. The molecule has 2 rings (SSSR count). The molecule has 2 saturated heterocycles. The lowest BCUT2D eigenvalue weighted by atomic mass is 10.1. The summed E-state index contributed by atoms with van der Waals surface area (Å²) in [5, 5.41) is 3.56. The Morgan fingerprint density at radius 1 is 1.24 bits per heavy atom. The number of nitrogens with one attached hydrogen (secondary N) is 1. The molecule has 0 spiro atoms. The number of hydrogen-bond donors (Lipinski definition) is 1. The summed E-state index contributed by atoms with van der Waals surface area (Å²) in [6.07, 6.45) is 4.17. The van der Waals surface area contributed by atoms with Crippen LogP contribution in [0.2, 0.25) is 0 Å². The molecule has 1 atom stereocenters. The Bertz CT molecular complexity index is 328. The van der Waals surface area contributed by atoms with Crippen LogP contribution in [0.5, 0.6) is 0 Å². The van der Waals surface area contributed by atoms with E-state index in [1.165, 1.54) is 19.4 Å². The molecule has 100 valence electrons. The lowest BCUT2D eigenvalue weighted by Gasteiger charge is -2.28. The second-order valence-corrected chi connectivity index (χ2v) is 7.56. The Morgan fingerprint density at radius 3 is 2.59 bits per heavy atom. The summed E-state index contributed by atoms with van der Waals surface area (Å²) in [6.45, 7) is 5.59. The van der Waals surface area contributed by atoms with Crippen molar-refractivity contribution in [2.75, 3.05) is 31.1 Å². The van der Waals surface area contributed by atoms with E-state index in [1.807, 2.05) is 0 Å². The first-order chi connectivity index (χ1) is 8.11. The summed E-state index contributed by atoms with van der Waals surface area (Å²) in [5.41, 5.74) is 0. The maximum atomic E-state index is 11.3. The molecule has 0 aromatic carbocycles. The maximum Gasteiger partial charge on any atom is 0.150 e. The second-order valence-electron chi connectivity index (χ2n) is 5.26. The minimum absolute atomic E-state index is 0.368. The van der Waals surface area contributed by atoms with E-state index in [2.05, 4.69) is 17.1 Å². The third-order valence-corrected chi connectivity index (χ3v) is 5.82. The minimum Gasteiger partial charge on any atom is -0.312 e. The van der Waals surface area contributed by atoms with Gasteiger partial charge in [-0.25, -0.2) is 8.42 Å². The highest BCUT2D eigenvalue weighted by molar-refractivity contribution is 7.91. The maximum absolute atomic E-state index is 11.3. The summed E-state index contributed by atoms with van der Waals surface area (Å²) >= 11 is 0. The van der Waals surface area contributed by atoms with E-state index in [0.717, 1.165) is 25.9 Å². The van der Waals surface area contributed by atoms with E-state index < -0.39 is 9.84 Å². The normalized spacial score (nSPS) is 30.8. The molecule has 0 amide bonds. The number of sulfone groups is 1. The Kier molecular flexibility index (Phi) is 4.44. The zero-order chi connectivity index (χ0) is 12.3. The minimum atomic E-state index is -2.72. The molecule has 2 aliphatic heterocycles. The van der Waals surface area contributed by atoms with Gasteiger partial charge in [-0.1, -0.05) is 6.92 Å². The molecule has 2 aliphatic rings. The predicted molar refractivity (Wildman–Crippen MR) is 69.9 cm³/mol. The largest absolute Gasteiger partial charge is 0.312 e. The first-order valence-electron chi connectivity index (χ1n) is 6.78. The van der Waals surface area contributed by atoms with Crippen molar-refractivity contribution < 1.29 is 8.42 Å². The molecule has 0 bridgehead atoms. The van der Waals surface area contributed by atoms with Crippen LogP contribution in [0.4, 0.5) is 0 Å². The van der Waals surface area contributed by atoms with Crippen molar-refractivity contribution >= 4 is 9.84 Å². The van der Waals surface area contributed by atoms with Crippen LogP contribution in [0.3, 0.4) is 0 Å². The molecular formula is C12H24N2O2S. The van der Waals surface area contributed by atoms with Crippen molar-refractivity contribution in [3.8, 4) is 0 Å². The standard InChI is InChI=1S/C12H24N2O2S/c1-2-14-7-3-4-12(14)10-13-11-5-8-17(15,16)9-6-11/h11-13H,2-10H2,1H3. The molecule has 0 saturated carbocycles. The van der Waals surface area contributed by atoms with Gasteiger partial charge in [0, 0.05) is 18.6 Å². The topological polar surface area (TPSA) is 49.4 Å². The predicted octanol–water partition coefficient (Wildman–Crippen LogP) is 0.638. The van der Waals surface area contributed by atoms with Crippen molar-refractivity contribution in [3.63, 3.8) is 0 Å². The van der Waals surface area contributed by atoms with Crippen LogP contribution >= 0.6 is 0 Å². The van der Waals surface area contributed by atoms with E-state index in [4.69, 9.17) is 0 Å². The molecular weight excluding hydrogens is 236 g/mol. The van der Waals surface area contributed by atoms with E-state index >= 15 is 0 Å². The first-order valence-corrected chi connectivity index (χ1v) is 8.61. The molecule has 1 N–H and O–H groups in total. The summed E-state index contributed by atoms with van der Waals surface area (Å²) in [6, 6.07) is 1.08. The van der Waals surface area contributed by atoms with Crippen LogP contribution in [-0.4, -0.2) is 56.5 Å². The molecule has 5 heteroatoms. The lowest BCUT2D eigenvalue weighted by Crippen LogP contribution is -2.44. The Morgan fingerprint density at radius 2 is 1.94 bits per heavy atom. The second kappa shape index (κ2) is 5.67. The quantitative estimate of drug-likeness (QED) is 0.806. The summed E-state index contributed by atoms with van der Waals surface area (Å²) in [5.74, 6) is 0.736. The van der Waals surface area contributed by atoms with Gasteiger partial charge in [0.1, 0.15) is 9.84 Å². The average Bonchev–Trinajstić information content (AvgIpc) is 2.75. The summed E-state index contributed by atoms with van der Waals surface area (Å²) in [7, 11) is -2.72. The average molecular weight is 260 g/mol. The van der Waals surface area contributed by atoms with Crippen molar-refractivity contribution in [2.24, 2.45) is 0 Å². The smallest absolute Gasteiger partial charge is 0.150 e. The molecule has 17 heavy (non-hydrogen) atoms. The lowest BCUT2D eigenvalue weighted by molar-refractivity contribution is 0.251. The fourth-order valence-electron chi connectivity index (χ4n) is 2.94. The molecule has 0 radical (unpaired) electrons. The highest BCUT2D eigenvalue weighted by atomic mass is 32.2. The van der Waals surface area contributed by atoms with Crippen molar-refractivity contribution in [1.82, 2.24) is 10.2 Å². The van der Waals surface area contributed by atoms with Crippen molar-refractivity contribution in [1.29, 1.82) is 0 Å². The zero-order valence-electron chi connectivity index (χ0n) is 10.7. The monoisotopic (exact) mass is 260 g/mol. The molecule has 1 unspecified atom stereocenters. The molecule has 0 aliphatic carbocycles. The number of nitrogens with zero attached hydrogens (tertiary/aromatic N) is 1. The van der Waals surface area contributed by atoms with Gasteiger partial charge >= 0.3 is 0 Å². The molecule has 4 nitrogen and oxygen atoms in total. The van der Waals surface area contributed by atoms with Gasteiger partial charge in [0.2, 0.25) is 0 Å². The van der Waals surface area contributed by atoms with Gasteiger partial charge in [-0.05, 0) is 38.8 Å². The molecule has 0 aromatic rings. The number of likely N-dealkylation sites (tertiary alicyclic amines) is 1. The van der Waals surface area contributed by atoms with Gasteiger partial charge in [0.15, 0.2) is 0 Å². The fraction of sp³-hybridized carbons (Fsp3) is 1.00. The first kappa shape index (κ1) is 13.3. The van der Waals surface area contributed by atoms with Gasteiger partial charge in [0.25, 0.3) is 0 Å². The third kappa shape index (κ3) is 3.66. The van der Waals surface area contributed by atoms with Crippen LogP contribution in [0.1, 0.15) is 32.6 Å². The Labute approximate surface area is 105 Å². The third-order valence-electron chi connectivity index (χ3n) is 4.10.